The number of amides is 12. The zero-order valence-corrected chi connectivity index (χ0v) is 71.1. The van der Waals surface area contributed by atoms with E-state index in [2.05, 4.69) is 63.8 Å². The monoisotopic (exact) mass is 1850 g/mol. The van der Waals surface area contributed by atoms with Crippen LogP contribution >= 0.6 is 0 Å². The van der Waals surface area contributed by atoms with E-state index in [-0.39, 0.29) is 38.5 Å². The summed E-state index contributed by atoms with van der Waals surface area (Å²) in [4.78, 5) is 230. The number of rotatable bonds is 56. The fraction of sp³-hybridized carbons (Fsp3) is 0.753. The summed E-state index contributed by atoms with van der Waals surface area (Å²) in [6.07, 6.45) is -39.3. The molecule has 0 radical (unpaired) electrons. The molecule has 30 atom stereocenters. The van der Waals surface area contributed by atoms with Crippen LogP contribution in [0.1, 0.15) is 127 Å². The quantitative estimate of drug-likeness (QED) is 0.0269. The van der Waals surface area contributed by atoms with Gasteiger partial charge in [-0.05, 0) is 86.0 Å². The van der Waals surface area contributed by atoms with E-state index >= 15 is 0 Å². The molecule has 128 heavy (non-hydrogen) atoms. The SMILES string of the molecule is CC(=O)NC(CO)C(OC(C)C(=O)NC(C)C(=O)NC(CCC(=O)NC(CCCC(N)C(=O)O)C(=O)NCC(=O)O)C(=O)O)C(OC1OC(CO)C(OC2OC(CO)C(OC3OC(CO)C(O)C(O)C3NC(C)=O)C(OC(C)C(=O)NC(C)C(=O)NC(CCC(=O)NC(CCCC(N)C(=O)O)C(=O)NC(C)C(=O)O)C(=O)O)C2NC(C)=O)C(O)C1NC(C)=O)C(O)CO. The number of hydrogen-bond donors (Lipinski definition) is 29. The van der Waals surface area contributed by atoms with Gasteiger partial charge in [0, 0.05) is 40.5 Å². The lowest BCUT2D eigenvalue weighted by molar-refractivity contribution is -0.361. The molecule has 0 saturated carbocycles. The largest absolute Gasteiger partial charge is 0.480 e. The highest BCUT2D eigenvalue weighted by Gasteiger charge is 2.57. The van der Waals surface area contributed by atoms with E-state index in [1.165, 1.54) is 0 Å². The molecule has 0 aliphatic carbocycles. The Kier molecular flexibility index (Phi) is 47.4. The highest BCUT2D eigenvalue weighted by atomic mass is 16.8. The normalized spacial score (nSPS) is 25.6. The zero-order valence-electron chi connectivity index (χ0n) is 71.1. The number of hydrogen-bond acceptors (Lipinski definition) is 37. The minimum atomic E-state index is -2.35. The molecule has 3 fully saturated rings. The molecule has 3 aliphatic rings. The third-order valence-corrected chi connectivity index (χ3v) is 20.0. The van der Waals surface area contributed by atoms with Crippen molar-refractivity contribution in [3.8, 4) is 0 Å². The predicted octanol–water partition coefficient (Wildman–Crippen LogP) is -14.1. The van der Waals surface area contributed by atoms with Gasteiger partial charge in [0.05, 0.1) is 39.1 Å². The van der Waals surface area contributed by atoms with Gasteiger partial charge in [0.15, 0.2) is 18.9 Å². The standard InChI is InChI=1S/C73H120N14O41/c1-26(60(105)86-39(69(117)118)16-18-46(98)84-37(64(109)76-20-48(100)101)14-10-12-35(74)67(113)114)77-62(107)29(4)121-55(41(21-88)80-31(6)93)56(42(97)22-89)126-72-50(82-33(8)95)54(104)57(44(24-91)124-72)127-73-51(83-34(9)96)59(58(45(25-92)125-73)128-71-49(81-32(7)94)53(103)52(102)43(23-90)123-71)122-30(5)63(108)78-27(2)61(106)87-40(70(119)120)17-19-47(99)85-38(15-11-13-36(75)68(115)116)65(110)79-28(3)66(111)112/h26-30,35-45,49-59,71-73,88-92,97,102-104H,10-25,74-75H2,1-9H3,(H,76,109)(H,77,107)(H,78,108)(H,79,110)(H,80,93)(H,81,94)(H,82,95)(H,83,96)(H,84,98)(H,85,99)(H,86,105)(H,87,106)(H,100,101)(H,111,112)(H,113,114)(H,115,116)(H,117,118)(H,119,120). The summed E-state index contributed by atoms with van der Waals surface area (Å²) in [6, 6.07) is -22.2. The molecule has 0 spiro atoms. The van der Waals surface area contributed by atoms with Gasteiger partial charge in [-0.1, -0.05) is 0 Å². The van der Waals surface area contributed by atoms with Crippen molar-refractivity contribution in [2.75, 3.05) is 39.6 Å². The average Bonchev–Trinajstić information content (AvgIpc) is 0.761. The Morgan fingerprint density at radius 3 is 1.23 bits per heavy atom. The van der Waals surface area contributed by atoms with Gasteiger partial charge >= 0.3 is 35.8 Å². The molecule has 55 heteroatoms. The summed E-state index contributed by atoms with van der Waals surface area (Å²) in [5.74, 6) is -22.0. The third-order valence-electron chi connectivity index (χ3n) is 20.0. The Morgan fingerprint density at radius 2 is 0.805 bits per heavy atom. The lowest BCUT2D eigenvalue weighted by Crippen LogP contribution is -2.72. The van der Waals surface area contributed by atoms with Crippen molar-refractivity contribution in [1.82, 2.24) is 63.8 Å². The number of aliphatic carboxylic acids is 6. The van der Waals surface area contributed by atoms with Crippen molar-refractivity contribution in [1.29, 1.82) is 0 Å². The van der Waals surface area contributed by atoms with Gasteiger partial charge in [-0.2, -0.15) is 0 Å². The fourth-order valence-electron chi connectivity index (χ4n) is 13.2. The van der Waals surface area contributed by atoms with E-state index in [9.17, 15) is 153 Å². The Balaban J connectivity index is 2.08. The molecule has 0 aromatic rings. The molecular formula is C73H120N14O41. The Labute approximate surface area is 729 Å². The first-order valence-electron chi connectivity index (χ1n) is 40.2. The molecule has 3 rings (SSSR count). The lowest BCUT2D eigenvalue weighted by atomic mass is 9.93. The van der Waals surface area contributed by atoms with Crippen LogP contribution in [0, 0.1) is 0 Å². The van der Waals surface area contributed by atoms with Crippen molar-refractivity contribution in [2.45, 2.75) is 309 Å². The van der Waals surface area contributed by atoms with Crippen molar-refractivity contribution in [3.05, 3.63) is 0 Å². The molecule has 0 aromatic heterocycles. The second-order valence-corrected chi connectivity index (χ2v) is 30.4. The summed E-state index contributed by atoms with van der Waals surface area (Å²) >= 11 is 0. The van der Waals surface area contributed by atoms with Crippen LogP contribution in [0.4, 0.5) is 0 Å². The van der Waals surface area contributed by atoms with Crippen LogP contribution in [0.3, 0.4) is 0 Å². The first-order chi connectivity index (χ1) is 59.9. The van der Waals surface area contributed by atoms with Crippen LogP contribution in [0.15, 0.2) is 0 Å². The molecular weight excluding hydrogens is 1730 g/mol. The van der Waals surface area contributed by atoms with E-state index in [1.807, 2.05) is 0 Å². The van der Waals surface area contributed by atoms with Crippen LogP contribution in [0.5, 0.6) is 0 Å². The first-order valence-corrected chi connectivity index (χ1v) is 40.2. The first kappa shape index (κ1) is 112. The predicted molar refractivity (Wildman–Crippen MR) is 421 cm³/mol. The smallest absolute Gasteiger partial charge is 0.326 e. The van der Waals surface area contributed by atoms with Crippen LogP contribution in [-0.4, -0.2) is 406 Å². The summed E-state index contributed by atoms with van der Waals surface area (Å²) in [5.41, 5.74) is 11.1. The fourth-order valence-corrected chi connectivity index (χ4v) is 13.2. The van der Waals surface area contributed by atoms with Gasteiger partial charge in [0.2, 0.25) is 70.9 Å². The number of aliphatic hydroxyl groups is 9. The summed E-state index contributed by atoms with van der Waals surface area (Å²) in [5, 5.41) is 185. The van der Waals surface area contributed by atoms with Crippen LogP contribution < -0.4 is 75.3 Å². The maximum absolute atomic E-state index is 14.4. The molecule has 3 aliphatic heterocycles. The second-order valence-electron chi connectivity index (χ2n) is 30.4. The van der Waals surface area contributed by atoms with Gasteiger partial charge in [-0.15, -0.1) is 0 Å². The van der Waals surface area contributed by atoms with Crippen molar-refractivity contribution >= 4 is 107 Å². The van der Waals surface area contributed by atoms with E-state index in [1.54, 1.807) is 0 Å². The average molecular weight is 1850 g/mol. The molecule has 0 aromatic carbocycles. The zero-order chi connectivity index (χ0) is 97.2. The molecule has 30 unspecified atom stereocenters. The molecule has 3 saturated heterocycles. The van der Waals surface area contributed by atoms with Gasteiger partial charge in [-0.25, -0.2) is 9.59 Å². The lowest BCUT2D eigenvalue weighted by Gasteiger charge is -2.51. The second kappa shape index (κ2) is 54.2. The minimum Gasteiger partial charge on any atom is -0.480 e. The number of ether oxygens (including phenoxy) is 8. The number of aliphatic hydroxyl groups excluding tert-OH is 9. The highest BCUT2D eigenvalue weighted by molar-refractivity contribution is 5.94. The van der Waals surface area contributed by atoms with E-state index in [0.717, 1.165) is 62.3 Å². The van der Waals surface area contributed by atoms with Crippen molar-refractivity contribution in [2.24, 2.45) is 11.5 Å². The summed E-state index contributed by atoms with van der Waals surface area (Å²) in [7, 11) is 0. The molecule has 3 heterocycles. The van der Waals surface area contributed by atoms with Crippen LogP contribution in [0.25, 0.3) is 0 Å². The molecule has 0 bridgehead atoms. The summed E-state index contributed by atoms with van der Waals surface area (Å²) < 4.78 is 49.4. The number of nitrogens with two attached hydrogens (primary N) is 2. The summed E-state index contributed by atoms with van der Waals surface area (Å²) in [6.45, 7) is 1.99. The van der Waals surface area contributed by atoms with Crippen LogP contribution in [0.2, 0.25) is 0 Å². The third kappa shape index (κ3) is 35.6. The number of carbonyl (C=O) groups is 18. The number of carbonyl (C=O) groups excluding carboxylic acids is 12. The van der Waals surface area contributed by atoms with E-state index in [4.69, 9.17) is 59.6 Å². The minimum absolute atomic E-state index is 0.0712. The van der Waals surface area contributed by atoms with Gasteiger partial charge in [-0.3, -0.25) is 76.7 Å². The Bertz CT molecular complexity index is 3780. The topological polar surface area (TPSA) is 881 Å². The van der Waals surface area contributed by atoms with Gasteiger partial charge in [0.25, 0.3) is 0 Å². The van der Waals surface area contributed by atoms with Crippen molar-refractivity contribution < 1.29 is 201 Å². The molecule has 12 amide bonds. The number of nitrogens with one attached hydrogen (secondary N) is 12. The number of carboxylic acid groups (broad SMARTS) is 6. The maximum atomic E-state index is 14.4. The molecule has 55 nitrogen and oxygen atoms in total. The number of carboxylic acids is 6. The Morgan fingerprint density at radius 1 is 0.383 bits per heavy atom. The Hall–Kier alpha value is -10.3. The molecule has 728 valence electrons. The highest BCUT2D eigenvalue weighted by Crippen LogP contribution is 2.36. The maximum Gasteiger partial charge on any atom is 0.326 e. The molecule has 31 N–H and O–H groups in total. The van der Waals surface area contributed by atoms with E-state index < -0.39 is 355 Å². The van der Waals surface area contributed by atoms with Crippen molar-refractivity contribution in [3.63, 3.8) is 0 Å². The van der Waals surface area contributed by atoms with Crippen LogP contribution in [-0.2, 0) is 124 Å². The van der Waals surface area contributed by atoms with E-state index in [0.29, 0.717) is 0 Å². The van der Waals surface area contributed by atoms with Gasteiger partial charge < -0.3 is 190 Å². The van der Waals surface area contributed by atoms with Gasteiger partial charge in [0.1, 0.15) is 165 Å².